The zero-order chi connectivity index (χ0) is 17.7. The van der Waals surface area contributed by atoms with E-state index in [0.29, 0.717) is 6.54 Å². The molecule has 0 aliphatic rings. The van der Waals surface area contributed by atoms with E-state index in [0.717, 1.165) is 5.56 Å². The van der Waals surface area contributed by atoms with Gasteiger partial charge in [-0.2, -0.15) is 0 Å². The number of benzene rings is 2. The van der Waals surface area contributed by atoms with E-state index in [1.165, 1.54) is 30.3 Å². The molecule has 0 aliphatic carbocycles. The minimum Gasteiger partial charge on any atom is -0.322 e. The summed E-state index contributed by atoms with van der Waals surface area (Å²) in [6.45, 7) is 1.99. The van der Waals surface area contributed by atoms with Crippen LogP contribution in [0.5, 0.6) is 0 Å². The Kier molecular flexibility index (Phi) is 5.66. The topological polar surface area (TPSA) is 101 Å². The number of amides is 1. The van der Waals surface area contributed by atoms with Crippen LogP contribution in [0.2, 0.25) is 0 Å². The smallest absolute Gasteiger partial charge is 0.241 e. The summed E-state index contributed by atoms with van der Waals surface area (Å²) >= 11 is 0. The molecular weight excluding hydrogens is 333 g/mol. The van der Waals surface area contributed by atoms with Gasteiger partial charge in [-0.15, -0.1) is 0 Å². The van der Waals surface area contributed by atoms with Gasteiger partial charge in [0.15, 0.2) is 0 Å². The number of para-hydroxylation sites is 1. The first-order valence-corrected chi connectivity index (χ1v) is 8.72. The first-order chi connectivity index (χ1) is 11.3. The van der Waals surface area contributed by atoms with Gasteiger partial charge in [0, 0.05) is 6.54 Å². The molecule has 6 nitrogen and oxygen atoms in total. The Bertz CT molecular complexity index is 823. The van der Waals surface area contributed by atoms with E-state index in [-0.39, 0.29) is 16.5 Å². The maximum absolute atomic E-state index is 13.5. The fraction of sp³-hybridized carbons (Fsp3) is 0.188. The molecule has 0 radical (unpaired) electrons. The molecule has 1 atom stereocenters. The van der Waals surface area contributed by atoms with E-state index >= 15 is 0 Å². The van der Waals surface area contributed by atoms with Gasteiger partial charge in [-0.25, -0.2) is 17.9 Å². The number of hydrogen-bond donors (Lipinski definition) is 3. The van der Waals surface area contributed by atoms with Gasteiger partial charge in [-0.05, 0) is 36.8 Å². The van der Waals surface area contributed by atoms with E-state index in [2.05, 4.69) is 10.6 Å². The van der Waals surface area contributed by atoms with Crippen LogP contribution in [0.3, 0.4) is 0 Å². The highest BCUT2D eigenvalue weighted by Crippen LogP contribution is 2.13. The van der Waals surface area contributed by atoms with Gasteiger partial charge in [0.25, 0.3) is 0 Å². The van der Waals surface area contributed by atoms with Crippen LogP contribution in [0, 0.1) is 5.82 Å². The summed E-state index contributed by atoms with van der Waals surface area (Å²) in [6, 6.07) is 11.4. The first-order valence-electron chi connectivity index (χ1n) is 7.18. The quantitative estimate of drug-likeness (QED) is 0.735. The molecule has 0 saturated carbocycles. The Balaban J connectivity index is 1.92. The van der Waals surface area contributed by atoms with Crippen molar-refractivity contribution in [2.24, 2.45) is 5.14 Å². The lowest BCUT2D eigenvalue weighted by molar-refractivity contribution is -0.117. The number of carbonyl (C=O) groups is 1. The summed E-state index contributed by atoms with van der Waals surface area (Å²) in [5.74, 6) is -0.877. The van der Waals surface area contributed by atoms with E-state index in [1.54, 1.807) is 25.1 Å². The average Bonchev–Trinajstić information content (AvgIpc) is 2.54. The van der Waals surface area contributed by atoms with Crippen molar-refractivity contribution in [3.05, 3.63) is 59.9 Å². The summed E-state index contributed by atoms with van der Waals surface area (Å²) in [6.07, 6.45) is 0. The summed E-state index contributed by atoms with van der Waals surface area (Å²) in [7, 11) is -3.72. The van der Waals surface area contributed by atoms with E-state index < -0.39 is 21.9 Å². The van der Waals surface area contributed by atoms with Gasteiger partial charge in [0.2, 0.25) is 15.9 Å². The Morgan fingerprint density at radius 1 is 1.17 bits per heavy atom. The van der Waals surface area contributed by atoms with Crippen LogP contribution < -0.4 is 15.8 Å². The first kappa shape index (κ1) is 18.1. The van der Waals surface area contributed by atoms with E-state index in [1.807, 2.05) is 0 Å². The van der Waals surface area contributed by atoms with Crippen molar-refractivity contribution in [1.82, 2.24) is 5.32 Å². The zero-order valence-electron chi connectivity index (χ0n) is 13.0. The van der Waals surface area contributed by atoms with E-state index in [4.69, 9.17) is 5.14 Å². The molecule has 0 aliphatic heterocycles. The lowest BCUT2D eigenvalue weighted by atomic mass is 10.2. The second-order valence-electron chi connectivity index (χ2n) is 5.26. The SMILES string of the molecule is C[C@H](NCc1ccc(S(N)(=O)=O)cc1)C(=O)Nc1ccccc1F. The number of halogens is 1. The van der Waals surface area contributed by atoms with Gasteiger partial charge >= 0.3 is 0 Å². The fourth-order valence-corrected chi connectivity index (χ4v) is 2.48. The third-order valence-electron chi connectivity index (χ3n) is 3.39. The Hall–Kier alpha value is -2.29. The molecule has 0 heterocycles. The highest BCUT2D eigenvalue weighted by molar-refractivity contribution is 7.89. The van der Waals surface area contributed by atoms with Gasteiger partial charge < -0.3 is 10.6 Å². The average molecular weight is 351 g/mol. The molecule has 0 bridgehead atoms. The summed E-state index contributed by atoms with van der Waals surface area (Å²) in [4.78, 5) is 12.1. The second kappa shape index (κ2) is 7.52. The van der Waals surface area contributed by atoms with Crippen molar-refractivity contribution in [1.29, 1.82) is 0 Å². The number of sulfonamides is 1. The van der Waals surface area contributed by atoms with Crippen molar-refractivity contribution in [3.8, 4) is 0 Å². The van der Waals surface area contributed by atoms with E-state index in [9.17, 15) is 17.6 Å². The van der Waals surface area contributed by atoms with Crippen molar-refractivity contribution in [3.63, 3.8) is 0 Å². The number of nitrogens with one attached hydrogen (secondary N) is 2. The summed E-state index contributed by atoms with van der Waals surface area (Å²) in [5, 5.41) is 10.5. The lowest BCUT2D eigenvalue weighted by Gasteiger charge is -2.14. The summed E-state index contributed by atoms with van der Waals surface area (Å²) in [5.41, 5.74) is 0.904. The Labute approximate surface area is 139 Å². The van der Waals surface area contributed by atoms with Crippen LogP contribution in [0.25, 0.3) is 0 Å². The van der Waals surface area contributed by atoms with Crippen LogP contribution in [0.4, 0.5) is 10.1 Å². The maximum Gasteiger partial charge on any atom is 0.241 e. The lowest BCUT2D eigenvalue weighted by Crippen LogP contribution is -2.37. The maximum atomic E-state index is 13.5. The normalized spacial score (nSPS) is 12.6. The molecule has 0 aromatic heterocycles. The molecule has 2 rings (SSSR count). The number of anilines is 1. The van der Waals surface area contributed by atoms with Crippen LogP contribution in [0.15, 0.2) is 53.4 Å². The molecule has 1 amide bonds. The Morgan fingerprint density at radius 2 is 1.79 bits per heavy atom. The monoisotopic (exact) mass is 351 g/mol. The number of primary sulfonamides is 1. The minimum absolute atomic E-state index is 0.0246. The van der Waals surface area contributed by atoms with Crippen molar-refractivity contribution in [2.75, 3.05) is 5.32 Å². The number of carbonyl (C=O) groups excluding carboxylic acids is 1. The molecule has 0 fully saturated rings. The molecule has 24 heavy (non-hydrogen) atoms. The highest BCUT2D eigenvalue weighted by atomic mass is 32.2. The standard InChI is InChI=1S/C16H18FN3O3S/c1-11(16(21)20-15-5-3-2-4-14(15)17)19-10-12-6-8-13(9-7-12)24(18,22)23/h2-9,11,19H,10H2,1H3,(H,20,21)(H2,18,22,23)/t11-/m0/s1. The number of hydrogen-bond acceptors (Lipinski definition) is 4. The van der Waals surface area contributed by atoms with Crippen LogP contribution in [-0.4, -0.2) is 20.4 Å². The fourth-order valence-electron chi connectivity index (χ4n) is 1.96. The van der Waals surface area contributed by atoms with Crippen LogP contribution in [-0.2, 0) is 21.4 Å². The van der Waals surface area contributed by atoms with Gasteiger partial charge in [0.05, 0.1) is 16.6 Å². The van der Waals surface area contributed by atoms with Crippen molar-refractivity contribution in [2.45, 2.75) is 24.4 Å². The van der Waals surface area contributed by atoms with Crippen molar-refractivity contribution >= 4 is 21.6 Å². The number of nitrogens with two attached hydrogens (primary N) is 1. The molecule has 0 saturated heterocycles. The molecular formula is C16H18FN3O3S. The molecule has 2 aromatic carbocycles. The van der Waals surface area contributed by atoms with Gasteiger partial charge in [-0.1, -0.05) is 24.3 Å². The molecule has 0 spiro atoms. The second-order valence-corrected chi connectivity index (χ2v) is 6.82. The largest absolute Gasteiger partial charge is 0.322 e. The van der Waals surface area contributed by atoms with Gasteiger partial charge in [0.1, 0.15) is 5.82 Å². The molecule has 2 aromatic rings. The van der Waals surface area contributed by atoms with Crippen LogP contribution in [0.1, 0.15) is 12.5 Å². The molecule has 4 N–H and O–H groups in total. The zero-order valence-corrected chi connectivity index (χ0v) is 13.8. The third-order valence-corrected chi connectivity index (χ3v) is 4.32. The minimum atomic E-state index is -3.72. The number of rotatable bonds is 6. The van der Waals surface area contributed by atoms with Gasteiger partial charge in [-0.3, -0.25) is 4.79 Å². The Morgan fingerprint density at radius 3 is 2.38 bits per heavy atom. The highest BCUT2D eigenvalue weighted by Gasteiger charge is 2.14. The molecule has 8 heteroatoms. The molecule has 128 valence electrons. The predicted octanol–water partition coefficient (Wildman–Crippen LogP) is 1.59. The van der Waals surface area contributed by atoms with Crippen LogP contribution >= 0.6 is 0 Å². The summed E-state index contributed by atoms with van der Waals surface area (Å²) < 4.78 is 35.9. The van der Waals surface area contributed by atoms with Crippen molar-refractivity contribution < 1.29 is 17.6 Å². The molecule has 0 unspecified atom stereocenters. The third kappa shape index (κ3) is 4.85. The predicted molar refractivity (Wildman–Crippen MR) is 89.1 cm³/mol.